The van der Waals surface area contributed by atoms with Crippen molar-refractivity contribution in [1.82, 2.24) is 19.7 Å². The van der Waals surface area contributed by atoms with E-state index in [1.54, 1.807) is 12.4 Å². The zero-order valence-electron chi connectivity index (χ0n) is 9.04. The number of hydrogen-bond acceptors (Lipinski definition) is 5. The van der Waals surface area contributed by atoms with Gasteiger partial charge in [0, 0.05) is 12.7 Å². The molecule has 2 heterocycles. The third kappa shape index (κ3) is 2.81. The van der Waals surface area contributed by atoms with E-state index in [9.17, 15) is 0 Å². The lowest BCUT2D eigenvalue weighted by Crippen LogP contribution is -2.35. The average Bonchev–Trinajstić information content (AvgIpc) is 2.73. The van der Waals surface area contributed by atoms with E-state index in [4.69, 9.17) is 10.2 Å². The molecule has 6 nitrogen and oxygen atoms in total. The first-order chi connectivity index (χ1) is 8.24. The molecule has 17 heavy (non-hydrogen) atoms. The summed E-state index contributed by atoms with van der Waals surface area (Å²) in [5.41, 5.74) is 1.70. The minimum Gasteiger partial charge on any atom is -0.395 e. The van der Waals surface area contributed by atoms with Gasteiger partial charge in [-0.25, -0.2) is 9.97 Å². The minimum absolute atomic E-state index is 0.0987. The summed E-state index contributed by atoms with van der Waals surface area (Å²) in [6.07, 6.45) is 5.23. The van der Waals surface area contributed by atoms with Gasteiger partial charge in [0.05, 0.1) is 37.3 Å². The number of aliphatic hydroxyl groups excluding tert-OH is 2. The van der Waals surface area contributed by atoms with Gasteiger partial charge in [0.15, 0.2) is 5.65 Å². The maximum absolute atomic E-state index is 8.95. The molecule has 0 aliphatic rings. The number of aromatic nitrogens is 3. The standard InChI is InChI=1S/C10H13BrN4O2/c11-9-4-15-8(1-12-7(5-16)6-17)2-14-10(15)3-13-9/h2-4,7,12,16-17H,1,5-6H2. The van der Waals surface area contributed by atoms with Crippen LogP contribution in [0.2, 0.25) is 0 Å². The molecule has 0 saturated carbocycles. The summed E-state index contributed by atoms with van der Waals surface area (Å²) in [6.45, 7) is 0.320. The average molecular weight is 301 g/mol. The Morgan fingerprint density at radius 2 is 2.06 bits per heavy atom. The van der Waals surface area contributed by atoms with Gasteiger partial charge in [-0.1, -0.05) is 0 Å². The highest BCUT2D eigenvalue weighted by atomic mass is 79.9. The Bertz CT molecular complexity index is 498. The van der Waals surface area contributed by atoms with Crippen LogP contribution in [0.4, 0.5) is 0 Å². The Balaban J connectivity index is 2.16. The van der Waals surface area contributed by atoms with Crippen LogP contribution < -0.4 is 5.32 Å². The predicted molar refractivity (Wildman–Crippen MR) is 65.5 cm³/mol. The Hall–Kier alpha value is -1.02. The molecular formula is C10H13BrN4O2. The van der Waals surface area contributed by atoms with E-state index >= 15 is 0 Å². The number of nitrogens with one attached hydrogen (secondary N) is 1. The summed E-state index contributed by atoms with van der Waals surface area (Å²) in [5, 5.41) is 20.9. The molecule has 0 bridgehead atoms. The van der Waals surface area contributed by atoms with Gasteiger partial charge >= 0.3 is 0 Å². The summed E-state index contributed by atoms with van der Waals surface area (Å²) in [5.74, 6) is 0. The molecule has 0 fully saturated rings. The van der Waals surface area contributed by atoms with E-state index in [-0.39, 0.29) is 19.3 Å². The fourth-order valence-electron chi connectivity index (χ4n) is 1.48. The molecule has 3 N–H and O–H groups in total. The van der Waals surface area contributed by atoms with Crippen LogP contribution in [0.5, 0.6) is 0 Å². The molecular weight excluding hydrogens is 288 g/mol. The molecule has 0 saturated heterocycles. The van der Waals surface area contributed by atoms with E-state index in [0.717, 1.165) is 15.9 Å². The highest BCUT2D eigenvalue weighted by Gasteiger charge is 2.08. The normalized spacial score (nSPS) is 11.5. The van der Waals surface area contributed by atoms with Crippen LogP contribution in [-0.4, -0.2) is 43.8 Å². The van der Waals surface area contributed by atoms with E-state index < -0.39 is 0 Å². The fraction of sp³-hybridized carbons (Fsp3) is 0.400. The summed E-state index contributed by atoms with van der Waals surface area (Å²) in [7, 11) is 0. The summed E-state index contributed by atoms with van der Waals surface area (Å²) in [6, 6.07) is -0.314. The minimum atomic E-state index is -0.314. The Labute approximate surface area is 106 Å². The number of hydrogen-bond donors (Lipinski definition) is 3. The molecule has 0 aliphatic carbocycles. The number of fused-ring (bicyclic) bond motifs is 1. The summed E-state index contributed by atoms with van der Waals surface area (Å²) in [4.78, 5) is 8.29. The van der Waals surface area contributed by atoms with Gasteiger partial charge in [0.1, 0.15) is 4.60 Å². The van der Waals surface area contributed by atoms with Crippen LogP contribution in [0.1, 0.15) is 5.69 Å². The summed E-state index contributed by atoms with van der Waals surface area (Å²) < 4.78 is 2.63. The monoisotopic (exact) mass is 300 g/mol. The van der Waals surface area contributed by atoms with Crippen molar-refractivity contribution >= 4 is 21.6 Å². The second-order valence-corrected chi connectivity index (χ2v) is 4.44. The first kappa shape index (κ1) is 12.4. The van der Waals surface area contributed by atoms with Gasteiger partial charge in [-0.15, -0.1) is 0 Å². The van der Waals surface area contributed by atoms with Crippen molar-refractivity contribution in [2.75, 3.05) is 13.2 Å². The van der Waals surface area contributed by atoms with Gasteiger partial charge in [-0.05, 0) is 15.9 Å². The smallest absolute Gasteiger partial charge is 0.155 e. The Morgan fingerprint density at radius 3 is 2.76 bits per heavy atom. The van der Waals surface area contributed by atoms with E-state index in [2.05, 4.69) is 31.2 Å². The van der Waals surface area contributed by atoms with Crippen molar-refractivity contribution in [3.8, 4) is 0 Å². The molecule has 2 aromatic heterocycles. The van der Waals surface area contributed by atoms with E-state index in [1.807, 2.05) is 10.6 Å². The SMILES string of the molecule is OCC(CO)NCc1cnc2cnc(Br)cn12. The first-order valence-electron chi connectivity index (χ1n) is 5.17. The molecule has 0 unspecified atom stereocenters. The molecule has 0 aromatic carbocycles. The first-order valence-corrected chi connectivity index (χ1v) is 5.96. The van der Waals surface area contributed by atoms with Crippen molar-refractivity contribution in [2.24, 2.45) is 0 Å². The van der Waals surface area contributed by atoms with Crippen LogP contribution in [0.25, 0.3) is 5.65 Å². The number of halogens is 1. The third-order valence-corrected chi connectivity index (χ3v) is 2.86. The van der Waals surface area contributed by atoms with Crippen molar-refractivity contribution in [3.05, 3.63) is 28.9 Å². The van der Waals surface area contributed by atoms with Crippen LogP contribution in [-0.2, 0) is 6.54 Å². The number of aliphatic hydroxyl groups is 2. The Morgan fingerprint density at radius 1 is 1.29 bits per heavy atom. The number of rotatable bonds is 5. The second kappa shape index (κ2) is 5.54. The maximum atomic E-state index is 8.95. The molecule has 0 radical (unpaired) electrons. The third-order valence-electron chi connectivity index (χ3n) is 2.45. The lowest BCUT2D eigenvalue weighted by atomic mass is 10.3. The highest BCUT2D eigenvalue weighted by molar-refractivity contribution is 9.10. The Kier molecular flexibility index (Phi) is 4.06. The van der Waals surface area contributed by atoms with Crippen LogP contribution in [0.3, 0.4) is 0 Å². The van der Waals surface area contributed by atoms with Crippen molar-refractivity contribution in [3.63, 3.8) is 0 Å². The van der Waals surface area contributed by atoms with Crippen LogP contribution >= 0.6 is 15.9 Å². The molecule has 2 aromatic rings. The molecule has 92 valence electrons. The van der Waals surface area contributed by atoms with E-state index in [0.29, 0.717) is 6.54 Å². The molecule has 0 atom stereocenters. The van der Waals surface area contributed by atoms with Crippen molar-refractivity contribution in [2.45, 2.75) is 12.6 Å². The van der Waals surface area contributed by atoms with E-state index in [1.165, 1.54) is 0 Å². The quantitative estimate of drug-likeness (QED) is 0.720. The lowest BCUT2D eigenvalue weighted by molar-refractivity contribution is 0.170. The summed E-state index contributed by atoms with van der Waals surface area (Å²) >= 11 is 3.30. The van der Waals surface area contributed by atoms with Gasteiger partial charge in [-0.3, -0.25) is 4.40 Å². The zero-order valence-corrected chi connectivity index (χ0v) is 10.6. The van der Waals surface area contributed by atoms with Crippen LogP contribution in [0, 0.1) is 0 Å². The van der Waals surface area contributed by atoms with Gasteiger partial charge in [0.2, 0.25) is 0 Å². The lowest BCUT2D eigenvalue weighted by Gasteiger charge is -2.12. The van der Waals surface area contributed by atoms with Crippen LogP contribution in [0.15, 0.2) is 23.2 Å². The van der Waals surface area contributed by atoms with Crippen molar-refractivity contribution < 1.29 is 10.2 Å². The molecule has 0 spiro atoms. The highest BCUT2D eigenvalue weighted by Crippen LogP contribution is 2.10. The fourth-order valence-corrected chi connectivity index (χ4v) is 1.79. The van der Waals surface area contributed by atoms with Gasteiger partial charge in [-0.2, -0.15) is 0 Å². The number of nitrogens with zero attached hydrogens (tertiary/aromatic N) is 3. The number of imidazole rings is 1. The molecule has 0 aliphatic heterocycles. The zero-order chi connectivity index (χ0) is 12.3. The largest absolute Gasteiger partial charge is 0.395 e. The maximum Gasteiger partial charge on any atom is 0.155 e. The second-order valence-electron chi connectivity index (χ2n) is 3.63. The molecule has 2 rings (SSSR count). The van der Waals surface area contributed by atoms with Gasteiger partial charge in [0.25, 0.3) is 0 Å². The van der Waals surface area contributed by atoms with Crippen molar-refractivity contribution in [1.29, 1.82) is 0 Å². The molecule has 7 heteroatoms. The van der Waals surface area contributed by atoms with Gasteiger partial charge < -0.3 is 15.5 Å². The topological polar surface area (TPSA) is 82.7 Å². The molecule has 0 amide bonds. The predicted octanol–water partition coefficient (Wildman–Crippen LogP) is -0.0654.